The van der Waals surface area contributed by atoms with Gasteiger partial charge in [-0.15, -0.1) is 12.4 Å². The van der Waals surface area contributed by atoms with Crippen LogP contribution < -0.4 is 5.73 Å². The first-order chi connectivity index (χ1) is 9.11. The summed E-state index contributed by atoms with van der Waals surface area (Å²) in [6.07, 6.45) is 4.42. The third kappa shape index (κ3) is 3.67. The van der Waals surface area contributed by atoms with Gasteiger partial charge in [0.05, 0.1) is 17.4 Å². The van der Waals surface area contributed by atoms with Crippen molar-refractivity contribution in [3.05, 3.63) is 22.4 Å². The van der Waals surface area contributed by atoms with Gasteiger partial charge in [0, 0.05) is 19.1 Å². The Morgan fingerprint density at radius 3 is 2.90 bits per heavy atom. The average Bonchev–Trinajstić information content (AvgIpc) is 2.87. The maximum atomic E-state index is 12.2. The molecule has 1 aliphatic rings. The van der Waals surface area contributed by atoms with Crippen molar-refractivity contribution in [3.8, 4) is 0 Å². The molecule has 1 fully saturated rings. The number of hydrogen-bond donors (Lipinski definition) is 1. The number of piperidine rings is 1. The molecule has 9 heteroatoms. The molecule has 112 valence electrons. The summed E-state index contributed by atoms with van der Waals surface area (Å²) >= 11 is 0. The van der Waals surface area contributed by atoms with Crippen LogP contribution in [0.4, 0.5) is 5.82 Å². The number of rotatable bonds is 4. The highest BCUT2D eigenvalue weighted by Crippen LogP contribution is 2.16. The fraction of sp³-hybridized carbons (Fsp3) is 0.636. The lowest BCUT2D eigenvalue weighted by Crippen LogP contribution is -2.48. The van der Waals surface area contributed by atoms with E-state index in [0.29, 0.717) is 13.1 Å². The molecule has 0 bridgehead atoms. The third-order valence-corrected chi connectivity index (χ3v) is 3.33. The summed E-state index contributed by atoms with van der Waals surface area (Å²) in [7, 11) is 0. The van der Waals surface area contributed by atoms with Crippen molar-refractivity contribution < 1.29 is 9.72 Å². The molecule has 2 rings (SSSR count). The van der Waals surface area contributed by atoms with E-state index in [9.17, 15) is 14.9 Å². The Kier molecular flexibility index (Phi) is 5.90. The smallest absolute Gasteiger partial charge is 0.358 e. The van der Waals surface area contributed by atoms with Gasteiger partial charge in [0.2, 0.25) is 5.91 Å². The number of carbonyl (C=O) groups excluding carboxylic acids is 1. The highest BCUT2D eigenvalue weighted by molar-refractivity contribution is 5.85. The predicted octanol–water partition coefficient (Wildman–Crippen LogP) is 0.553. The molecule has 0 aliphatic carbocycles. The van der Waals surface area contributed by atoms with Crippen LogP contribution in [0.3, 0.4) is 0 Å². The zero-order valence-corrected chi connectivity index (χ0v) is 11.8. The monoisotopic (exact) mass is 303 g/mol. The van der Waals surface area contributed by atoms with E-state index in [-0.39, 0.29) is 36.7 Å². The minimum atomic E-state index is -0.579. The molecular formula is C11H18ClN5O3. The second-order valence-corrected chi connectivity index (χ2v) is 4.60. The van der Waals surface area contributed by atoms with Gasteiger partial charge < -0.3 is 20.7 Å². The van der Waals surface area contributed by atoms with Crippen LogP contribution in [0.5, 0.6) is 0 Å². The van der Waals surface area contributed by atoms with Gasteiger partial charge in [-0.3, -0.25) is 4.79 Å². The van der Waals surface area contributed by atoms with Crippen LogP contribution in [0.25, 0.3) is 0 Å². The second-order valence-electron chi connectivity index (χ2n) is 4.60. The predicted molar refractivity (Wildman–Crippen MR) is 74.5 cm³/mol. The van der Waals surface area contributed by atoms with E-state index in [0.717, 1.165) is 19.3 Å². The van der Waals surface area contributed by atoms with Gasteiger partial charge in [-0.05, 0) is 24.2 Å². The third-order valence-electron chi connectivity index (χ3n) is 3.33. The molecule has 2 N–H and O–H groups in total. The van der Waals surface area contributed by atoms with E-state index in [4.69, 9.17) is 5.73 Å². The summed E-state index contributed by atoms with van der Waals surface area (Å²) in [6.45, 7) is 1.17. The largest absolute Gasteiger partial charge is 0.389 e. The second kappa shape index (κ2) is 7.20. The van der Waals surface area contributed by atoms with Crippen LogP contribution >= 0.6 is 12.4 Å². The number of likely N-dealkylation sites (tertiary alicyclic amines) is 1. The Morgan fingerprint density at radius 1 is 1.55 bits per heavy atom. The van der Waals surface area contributed by atoms with Crippen LogP contribution in [-0.4, -0.2) is 44.6 Å². The van der Waals surface area contributed by atoms with E-state index >= 15 is 0 Å². The number of carbonyl (C=O) groups is 1. The van der Waals surface area contributed by atoms with Gasteiger partial charge in [0.15, 0.2) is 0 Å². The van der Waals surface area contributed by atoms with E-state index in [1.807, 2.05) is 0 Å². The molecule has 1 aromatic heterocycles. The van der Waals surface area contributed by atoms with Crippen LogP contribution in [0.1, 0.15) is 19.3 Å². The summed E-state index contributed by atoms with van der Waals surface area (Å²) in [6, 6.07) is 1.36. The molecule has 1 saturated heterocycles. The normalized spacial score (nSPS) is 18.4. The number of halogens is 1. The lowest BCUT2D eigenvalue weighted by molar-refractivity contribution is -0.389. The number of hydrogen-bond acceptors (Lipinski definition) is 5. The van der Waals surface area contributed by atoms with Gasteiger partial charge in [-0.2, -0.15) is 4.68 Å². The molecule has 0 radical (unpaired) electrons. The zero-order valence-electron chi connectivity index (χ0n) is 11.0. The fourth-order valence-electron chi connectivity index (χ4n) is 2.34. The van der Waals surface area contributed by atoms with Gasteiger partial charge in [-0.25, -0.2) is 0 Å². The van der Waals surface area contributed by atoms with E-state index < -0.39 is 4.92 Å². The highest BCUT2D eigenvalue weighted by Gasteiger charge is 2.26. The van der Waals surface area contributed by atoms with E-state index in [1.165, 1.54) is 16.9 Å². The Balaban J connectivity index is 0.00000200. The molecule has 1 aliphatic heterocycles. The van der Waals surface area contributed by atoms with Crippen LogP contribution in [-0.2, 0) is 11.3 Å². The number of amides is 1. The van der Waals surface area contributed by atoms with Crippen LogP contribution in [0.15, 0.2) is 12.3 Å². The van der Waals surface area contributed by atoms with Crippen molar-refractivity contribution in [2.45, 2.75) is 31.8 Å². The van der Waals surface area contributed by atoms with Crippen LogP contribution in [0.2, 0.25) is 0 Å². The average molecular weight is 304 g/mol. The number of nitro groups is 1. The molecule has 0 aromatic carbocycles. The zero-order chi connectivity index (χ0) is 13.8. The van der Waals surface area contributed by atoms with Crippen molar-refractivity contribution in [3.63, 3.8) is 0 Å². The molecular weight excluding hydrogens is 286 g/mol. The van der Waals surface area contributed by atoms with Crippen molar-refractivity contribution in [1.29, 1.82) is 0 Å². The van der Waals surface area contributed by atoms with E-state index in [2.05, 4.69) is 5.10 Å². The minimum absolute atomic E-state index is 0. The number of nitrogens with zero attached hydrogens (tertiary/aromatic N) is 4. The quantitative estimate of drug-likeness (QED) is 0.645. The molecule has 0 spiro atoms. The molecule has 20 heavy (non-hydrogen) atoms. The standard InChI is InChI=1S/C11H17N5O3.ClH/c12-7-9-3-1-2-5-15(9)11(17)8-14-6-4-10(13-14)16(18)19;/h4,6,9H,1-3,5,7-8,12H2;1H. The lowest BCUT2D eigenvalue weighted by Gasteiger charge is -2.34. The Hall–Kier alpha value is -1.67. The summed E-state index contributed by atoms with van der Waals surface area (Å²) in [5, 5.41) is 14.3. The van der Waals surface area contributed by atoms with Crippen molar-refractivity contribution in [1.82, 2.24) is 14.7 Å². The van der Waals surface area contributed by atoms with Gasteiger partial charge in [-0.1, -0.05) is 0 Å². The molecule has 0 saturated carbocycles. The SMILES string of the molecule is Cl.NCC1CCCCN1C(=O)Cn1ccc([N+](=O)[O-])n1. The maximum Gasteiger partial charge on any atom is 0.389 e. The summed E-state index contributed by atoms with van der Waals surface area (Å²) in [4.78, 5) is 23.9. The molecule has 1 atom stereocenters. The summed E-state index contributed by atoms with van der Waals surface area (Å²) in [5.74, 6) is -0.338. The summed E-state index contributed by atoms with van der Waals surface area (Å²) < 4.78 is 1.29. The maximum absolute atomic E-state index is 12.2. The minimum Gasteiger partial charge on any atom is -0.358 e. The van der Waals surface area contributed by atoms with Crippen molar-refractivity contribution in [2.24, 2.45) is 5.73 Å². The summed E-state index contributed by atoms with van der Waals surface area (Å²) in [5.41, 5.74) is 5.66. The van der Waals surface area contributed by atoms with E-state index in [1.54, 1.807) is 4.90 Å². The van der Waals surface area contributed by atoms with Crippen molar-refractivity contribution in [2.75, 3.05) is 13.1 Å². The van der Waals surface area contributed by atoms with Gasteiger partial charge in [0.1, 0.15) is 6.54 Å². The lowest BCUT2D eigenvalue weighted by atomic mass is 10.0. The fourth-order valence-corrected chi connectivity index (χ4v) is 2.34. The van der Waals surface area contributed by atoms with Crippen molar-refractivity contribution >= 4 is 24.1 Å². The van der Waals surface area contributed by atoms with Gasteiger partial charge >= 0.3 is 5.82 Å². The van der Waals surface area contributed by atoms with Gasteiger partial charge in [0.25, 0.3) is 0 Å². The molecule has 2 heterocycles. The Bertz CT molecular complexity index is 478. The number of aromatic nitrogens is 2. The Labute approximate surface area is 122 Å². The Morgan fingerprint density at radius 2 is 2.30 bits per heavy atom. The molecule has 8 nitrogen and oxygen atoms in total. The topological polar surface area (TPSA) is 107 Å². The van der Waals surface area contributed by atoms with Crippen LogP contribution in [0, 0.1) is 10.1 Å². The molecule has 1 amide bonds. The first-order valence-electron chi connectivity index (χ1n) is 6.29. The highest BCUT2D eigenvalue weighted by atomic mass is 35.5. The number of nitrogens with two attached hydrogens (primary N) is 1. The first kappa shape index (κ1) is 16.4. The molecule has 1 unspecified atom stereocenters. The first-order valence-corrected chi connectivity index (χ1v) is 6.29. The molecule has 1 aromatic rings.